The molecule has 0 radical (unpaired) electrons. The first-order valence-corrected chi connectivity index (χ1v) is 9.18. The second-order valence-electron chi connectivity index (χ2n) is 5.54. The van der Waals surface area contributed by atoms with Crippen molar-refractivity contribution >= 4 is 15.9 Å². The summed E-state index contributed by atoms with van der Waals surface area (Å²) < 4.78 is 36.7. The van der Waals surface area contributed by atoms with Gasteiger partial charge in [-0.1, -0.05) is 13.3 Å². The lowest BCUT2D eigenvalue weighted by Gasteiger charge is -2.20. The first-order valence-electron chi connectivity index (χ1n) is 7.74. The van der Waals surface area contributed by atoms with E-state index in [4.69, 9.17) is 9.47 Å². The highest BCUT2D eigenvalue weighted by atomic mass is 32.2. The summed E-state index contributed by atoms with van der Waals surface area (Å²) in [4.78, 5) is 12.0. The molecule has 0 saturated carbocycles. The molecule has 1 aromatic rings. The average molecular weight is 358 g/mol. The van der Waals surface area contributed by atoms with Crippen LogP contribution in [0.5, 0.6) is 11.5 Å². The van der Waals surface area contributed by atoms with Crippen LogP contribution in [0.15, 0.2) is 23.1 Å². The number of hydrogen-bond acceptors (Lipinski definition) is 5. The predicted molar refractivity (Wildman–Crippen MR) is 91.9 cm³/mol. The number of amides is 1. The summed E-state index contributed by atoms with van der Waals surface area (Å²) in [5, 5.41) is 2.79. The fraction of sp³-hybridized carbons (Fsp3) is 0.562. The average Bonchev–Trinajstić information content (AvgIpc) is 2.53. The summed E-state index contributed by atoms with van der Waals surface area (Å²) in [5.74, 6) is 0.245. The van der Waals surface area contributed by atoms with E-state index in [1.807, 2.05) is 13.8 Å². The largest absolute Gasteiger partial charge is 0.497 e. The highest BCUT2D eigenvalue weighted by Crippen LogP contribution is 2.30. The van der Waals surface area contributed by atoms with Crippen molar-refractivity contribution in [1.29, 1.82) is 0 Å². The van der Waals surface area contributed by atoms with E-state index in [-0.39, 0.29) is 29.1 Å². The molecular formula is C16H26N2O5S. The number of carbonyl (C=O) groups excluding carboxylic acids is 1. The van der Waals surface area contributed by atoms with Crippen molar-refractivity contribution in [2.24, 2.45) is 0 Å². The first-order chi connectivity index (χ1) is 11.3. The molecule has 0 aliphatic carbocycles. The summed E-state index contributed by atoms with van der Waals surface area (Å²) in [7, 11) is 0.307. The van der Waals surface area contributed by atoms with Gasteiger partial charge >= 0.3 is 0 Å². The van der Waals surface area contributed by atoms with Gasteiger partial charge < -0.3 is 14.8 Å². The van der Waals surface area contributed by atoms with Gasteiger partial charge in [-0.2, -0.15) is 4.31 Å². The van der Waals surface area contributed by atoms with Gasteiger partial charge in [0.25, 0.3) is 0 Å². The van der Waals surface area contributed by atoms with Crippen molar-refractivity contribution in [2.75, 3.05) is 27.8 Å². The number of nitrogens with one attached hydrogen (secondary N) is 1. The van der Waals surface area contributed by atoms with Crippen molar-refractivity contribution in [3.63, 3.8) is 0 Å². The number of carbonyl (C=O) groups is 1. The summed E-state index contributed by atoms with van der Waals surface area (Å²) in [5.41, 5.74) is 0. The molecule has 0 aliphatic rings. The highest BCUT2D eigenvalue weighted by molar-refractivity contribution is 7.89. The molecule has 1 aromatic carbocycles. The molecule has 0 spiro atoms. The molecule has 7 nitrogen and oxygen atoms in total. The Balaban J connectivity index is 2.97. The number of nitrogens with zero attached hydrogens (tertiary/aromatic N) is 1. The van der Waals surface area contributed by atoms with E-state index >= 15 is 0 Å². The van der Waals surface area contributed by atoms with Crippen molar-refractivity contribution in [2.45, 2.75) is 37.6 Å². The summed E-state index contributed by atoms with van der Waals surface area (Å²) in [6.07, 6.45) is 1.78. The van der Waals surface area contributed by atoms with Crippen LogP contribution in [0.4, 0.5) is 0 Å². The van der Waals surface area contributed by atoms with E-state index in [2.05, 4.69) is 5.32 Å². The van der Waals surface area contributed by atoms with Crippen LogP contribution in [-0.4, -0.2) is 52.5 Å². The standard InChI is InChI=1S/C16H26N2O5S/c1-6-7-12(2)17-16(19)11-18(3)24(20,21)15-10-13(22-4)8-9-14(15)23-5/h8-10,12H,6-7,11H2,1-5H3,(H,17,19)/t12-/m1/s1. The Bertz CT molecular complexity index is 660. The van der Waals surface area contributed by atoms with E-state index < -0.39 is 10.0 Å². The number of hydrogen-bond donors (Lipinski definition) is 1. The van der Waals surface area contributed by atoms with Crippen LogP contribution in [0, 0.1) is 0 Å². The number of rotatable bonds is 9. The van der Waals surface area contributed by atoms with Gasteiger partial charge in [-0.15, -0.1) is 0 Å². The van der Waals surface area contributed by atoms with Gasteiger partial charge in [-0.25, -0.2) is 8.42 Å². The smallest absolute Gasteiger partial charge is 0.247 e. The van der Waals surface area contributed by atoms with E-state index in [1.165, 1.54) is 33.4 Å². The number of sulfonamides is 1. The number of methoxy groups -OCH3 is 2. The molecule has 24 heavy (non-hydrogen) atoms. The minimum absolute atomic E-state index is 0.00459. The molecule has 0 aliphatic heterocycles. The Morgan fingerprint density at radius 3 is 2.50 bits per heavy atom. The lowest BCUT2D eigenvalue weighted by atomic mass is 10.2. The molecule has 0 heterocycles. The second-order valence-corrected chi connectivity index (χ2v) is 7.55. The molecular weight excluding hydrogens is 332 g/mol. The molecule has 0 bridgehead atoms. The molecule has 1 atom stereocenters. The second kappa shape index (κ2) is 8.89. The van der Waals surface area contributed by atoms with Gasteiger partial charge in [0.15, 0.2) is 0 Å². The van der Waals surface area contributed by atoms with Crippen molar-refractivity contribution in [3.05, 3.63) is 18.2 Å². The zero-order chi connectivity index (χ0) is 18.3. The van der Waals surface area contributed by atoms with Gasteiger partial charge in [0, 0.05) is 19.2 Å². The van der Waals surface area contributed by atoms with E-state index in [0.717, 1.165) is 17.1 Å². The molecule has 0 aromatic heterocycles. The van der Waals surface area contributed by atoms with Gasteiger partial charge in [0.1, 0.15) is 16.4 Å². The lowest BCUT2D eigenvalue weighted by Crippen LogP contribution is -2.41. The monoisotopic (exact) mass is 358 g/mol. The minimum Gasteiger partial charge on any atom is -0.497 e. The molecule has 0 unspecified atom stereocenters. The summed E-state index contributed by atoms with van der Waals surface area (Å²) in [6.45, 7) is 3.64. The van der Waals surface area contributed by atoms with Crippen LogP contribution in [0.2, 0.25) is 0 Å². The number of benzene rings is 1. The maximum atomic E-state index is 12.7. The quantitative estimate of drug-likeness (QED) is 0.725. The molecule has 1 amide bonds. The fourth-order valence-electron chi connectivity index (χ4n) is 2.27. The Morgan fingerprint density at radius 2 is 1.96 bits per heavy atom. The Hall–Kier alpha value is -1.80. The zero-order valence-electron chi connectivity index (χ0n) is 14.8. The fourth-order valence-corrected chi connectivity index (χ4v) is 3.56. The van der Waals surface area contributed by atoms with Gasteiger partial charge in [-0.05, 0) is 25.5 Å². The van der Waals surface area contributed by atoms with E-state index in [1.54, 1.807) is 6.07 Å². The molecule has 0 fully saturated rings. The van der Waals surface area contributed by atoms with Crippen LogP contribution < -0.4 is 14.8 Å². The minimum atomic E-state index is -3.89. The van der Waals surface area contributed by atoms with Crippen LogP contribution >= 0.6 is 0 Å². The van der Waals surface area contributed by atoms with Crippen LogP contribution in [-0.2, 0) is 14.8 Å². The van der Waals surface area contributed by atoms with E-state index in [0.29, 0.717) is 5.75 Å². The Morgan fingerprint density at radius 1 is 1.29 bits per heavy atom. The predicted octanol–water partition coefficient (Wildman–Crippen LogP) is 1.63. The van der Waals surface area contributed by atoms with Crippen LogP contribution in [0.3, 0.4) is 0 Å². The van der Waals surface area contributed by atoms with Crippen LogP contribution in [0.25, 0.3) is 0 Å². The SMILES string of the molecule is CCC[C@@H](C)NC(=O)CN(C)S(=O)(=O)c1cc(OC)ccc1OC. The maximum Gasteiger partial charge on any atom is 0.247 e. The highest BCUT2D eigenvalue weighted by Gasteiger charge is 2.27. The third-order valence-corrected chi connectivity index (χ3v) is 5.38. The summed E-state index contributed by atoms with van der Waals surface area (Å²) in [6, 6.07) is 4.51. The van der Waals surface area contributed by atoms with Crippen molar-refractivity contribution in [1.82, 2.24) is 9.62 Å². The topological polar surface area (TPSA) is 84.9 Å². The van der Waals surface area contributed by atoms with Crippen LogP contribution in [0.1, 0.15) is 26.7 Å². The molecule has 136 valence electrons. The van der Waals surface area contributed by atoms with Crippen molar-refractivity contribution < 1.29 is 22.7 Å². The molecule has 8 heteroatoms. The van der Waals surface area contributed by atoms with Gasteiger partial charge in [0.2, 0.25) is 15.9 Å². The van der Waals surface area contributed by atoms with Crippen molar-refractivity contribution in [3.8, 4) is 11.5 Å². The number of ether oxygens (including phenoxy) is 2. The zero-order valence-corrected chi connectivity index (χ0v) is 15.6. The Kier molecular flexibility index (Phi) is 7.50. The third-order valence-electron chi connectivity index (χ3n) is 3.55. The summed E-state index contributed by atoms with van der Waals surface area (Å²) >= 11 is 0. The maximum absolute atomic E-state index is 12.7. The number of likely N-dealkylation sites (N-methyl/N-ethyl adjacent to an activating group) is 1. The normalized spacial score (nSPS) is 12.8. The first kappa shape index (κ1) is 20.2. The molecule has 1 rings (SSSR count). The Labute approximate surface area is 144 Å². The molecule has 1 N–H and O–H groups in total. The third kappa shape index (κ3) is 5.10. The lowest BCUT2D eigenvalue weighted by molar-refractivity contribution is -0.121. The van der Waals surface area contributed by atoms with E-state index in [9.17, 15) is 13.2 Å². The van der Waals surface area contributed by atoms with Gasteiger partial charge in [0.05, 0.1) is 20.8 Å². The van der Waals surface area contributed by atoms with Gasteiger partial charge in [-0.3, -0.25) is 4.79 Å². The molecule has 0 saturated heterocycles.